The van der Waals surface area contributed by atoms with Gasteiger partial charge < -0.3 is 0 Å². The summed E-state index contributed by atoms with van der Waals surface area (Å²) in [5.41, 5.74) is 2.52. The van der Waals surface area contributed by atoms with Gasteiger partial charge in [-0.25, -0.2) is 0 Å². The van der Waals surface area contributed by atoms with E-state index in [0.29, 0.717) is 11.1 Å². The van der Waals surface area contributed by atoms with Crippen molar-refractivity contribution in [3.63, 3.8) is 0 Å². The Morgan fingerprint density at radius 3 is 2.12 bits per heavy atom. The highest BCUT2D eigenvalue weighted by atomic mass is 16.2. The van der Waals surface area contributed by atoms with Gasteiger partial charge in [0.2, 0.25) is 0 Å². The average Bonchev–Trinajstić information content (AvgIpc) is 2.37. The van der Waals surface area contributed by atoms with Gasteiger partial charge in [0.25, 0.3) is 11.8 Å². The van der Waals surface area contributed by atoms with Crippen molar-refractivity contribution in [3.8, 4) is 0 Å². The van der Waals surface area contributed by atoms with Crippen molar-refractivity contribution >= 4 is 11.8 Å². The monoisotopic (exact) mass is 231 g/mol. The van der Waals surface area contributed by atoms with Crippen LogP contribution in [0.5, 0.6) is 0 Å². The molecule has 2 amide bonds. The van der Waals surface area contributed by atoms with Crippen LogP contribution < -0.4 is 0 Å². The minimum absolute atomic E-state index is 0.171. The number of aryl methyl sites for hydroxylation is 2. The molecule has 1 heterocycles. The van der Waals surface area contributed by atoms with Crippen molar-refractivity contribution in [2.75, 3.05) is 0 Å². The molecule has 1 aliphatic heterocycles. The molecule has 0 bridgehead atoms. The van der Waals surface area contributed by atoms with E-state index in [2.05, 4.69) is 0 Å². The van der Waals surface area contributed by atoms with Crippen LogP contribution in [0.1, 0.15) is 52.6 Å². The summed E-state index contributed by atoms with van der Waals surface area (Å²) >= 11 is 0. The highest BCUT2D eigenvalue weighted by molar-refractivity contribution is 6.22. The van der Waals surface area contributed by atoms with Gasteiger partial charge in [-0.15, -0.1) is 0 Å². The number of hydrogen-bond donors (Lipinski definition) is 0. The smallest absolute Gasteiger partial charge is 0.262 e. The lowest BCUT2D eigenvalue weighted by Gasteiger charge is -2.29. The van der Waals surface area contributed by atoms with Crippen LogP contribution in [0.4, 0.5) is 0 Å². The first-order valence-electron chi connectivity index (χ1n) is 5.73. The predicted octanol–water partition coefficient (Wildman–Crippen LogP) is 2.70. The molecule has 1 aromatic carbocycles. The van der Waals surface area contributed by atoms with Crippen LogP contribution in [0.2, 0.25) is 0 Å². The largest absolute Gasteiger partial charge is 0.269 e. The number of carbonyl (C=O) groups is 2. The van der Waals surface area contributed by atoms with Crippen LogP contribution in [-0.4, -0.2) is 22.3 Å². The SMILES string of the molecule is Cc1cc(C)c2c(c1)C(=O)N(C(C)(C)C)C2=O. The van der Waals surface area contributed by atoms with E-state index < -0.39 is 5.54 Å². The number of carbonyl (C=O) groups excluding carboxylic acids is 2. The van der Waals surface area contributed by atoms with Crippen LogP contribution in [-0.2, 0) is 0 Å². The number of imide groups is 1. The van der Waals surface area contributed by atoms with E-state index in [1.165, 1.54) is 4.90 Å². The fourth-order valence-corrected chi connectivity index (χ4v) is 2.35. The fourth-order valence-electron chi connectivity index (χ4n) is 2.35. The zero-order valence-corrected chi connectivity index (χ0v) is 10.9. The van der Waals surface area contributed by atoms with E-state index in [0.717, 1.165) is 11.1 Å². The van der Waals surface area contributed by atoms with Crippen molar-refractivity contribution in [2.24, 2.45) is 0 Å². The molecule has 0 aromatic heterocycles. The molecule has 90 valence electrons. The molecular formula is C14H17NO2. The molecule has 1 aliphatic rings. The highest BCUT2D eigenvalue weighted by Crippen LogP contribution is 2.31. The Labute approximate surface area is 101 Å². The van der Waals surface area contributed by atoms with Gasteiger partial charge >= 0.3 is 0 Å². The first-order chi connectivity index (χ1) is 7.73. The Morgan fingerprint density at radius 1 is 1.00 bits per heavy atom. The molecule has 2 rings (SSSR count). The van der Waals surface area contributed by atoms with Crippen molar-refractivity contribution in [1.82, 2.24) is 4.90 Å². The maximum atomic E-state index is 12.3. The Morgan fingerprint density at radius 2 is 1.59 bits per heavy atom. The Balaban J connectivity index is 2.65. The third-order valence-electron chi connectivity index (χ3n) is 3.00. The molecule has 3 nitrogen and oxygen atoms in total. The van der Waals surface area contributed by atoms with Gasteiger partial charge in [-0.2, -0.15) is 0 Å². The average molecular weight is 231 g/mol. The first kappa shape index (κ1) is 11.8. The molecule has 0 spiro atoms. The van der Waals surface area contributed by atoms with E-state index in [-0.39, 0.29) is 11.8 Å². The summed E-state index contributed by atoms with van der Waals surface area (Å²) in [4.78, 5) is 25.9. The van der Waals surface area contributed by atoms with E-state index in [1.807, 2.05) is 40.7 Å². The number of benzene rings is 1. The second-order valence-electron chi connectivity index (χ2n) is 5.62. The minimum atomic E-state index is -0.479. The van der Waals surface area contributed by atoms with Crippen molar-refractivity contribution in [2.45, 2.75) is 40.2 Å². The van der Waals surface area contributed by atoms with Gasteiger partial charge in [-0.05, 0) is 46.2 Å². The lowest BCUT2D eigenvalue weighted by Crippen LogP contribution is -2.45. The molecule has 1 aromatic rings. The van der Waals surface area contributed by atoms with Gasteiger partial charge in [0.05, 0.1) is 11.1 Å². The highest BCUT2D eigenvalue weighted by Gasteiger charge is 2.42. The first-order valence-corrected chi connectivity index (χ1v) is 5.73. The third-order valence-corrected chi connectivity index (χ3v) is 3.00. The zero-order chi connectivity index (χ0) is 13.0. The molecule has 0 N–H and O–H groups in total. The minimum Gasteiger partial charge on any atom is -0.269 e. The Kier molecular flexibility index (Phi) is 2.38. The molecule has 0 aliphatic carbocycles. The maximum absolute atomic E-state index is 12.3. The summed E-state index contributed by atoms with van der Waals surface area (Å²) in [6, 6.07) is 3.74. The van der Waals surface area contributed by atoms with Gasteiger partial charge in [-0.1, -0.05) is 11.6 Å². The molecule has 17 heavy (non-hydrogen) atoms. The van der Waals surface area contributed by atoms with Gasteiger partial charge in [0.1, 0.15) is 0 Å². The maximum Gasteiger partial charge on any atom is 0.262 e. The molecule has 0 fully saturated rings. The van der Waals surface area contributed by atoms with Crippen molar-refractivity contribution in [3.05, 3.63) is 34.4 Å². The van der Waals surface area contributed by atoms with Gasteiger partial charge in [-0.3, -0.25) is 14.5 Å². The lowest BCUT2D eigenvalue weighted by molar-refractivity contribution is 0.0507. The summed E-state index contributed by atoms with van der Waals surface area (Å²) in [5.74, 6) is -0.348. The second-order valence-corrected chi connectivity index (χ2v) is 5.62. The normalized spacial score (nSPS) is 15.5. The van der Waals surface area contributed by atoms with Crippen molar-refractivity contribution in [1.29, 1.82) is 0 Å². The molecule has 0 atom stereocenters. The summed E-state index contributed by atoms with van der Waals surface area (Å²) in [6.45, 7) is 9.43. The number of hydrogen-bond acceptors (Lipinski definition) is 2. The van der Waals surface area contributed by atoms with Crippen LogP contribution in [0.15, 0.2) is 12.1 Å². The fraction of sp³-hybridized carbons (Fsp3) is 0.429. The number of fused-ring (bicyclic) bond motifs is 1. The number of amides is 2. The second kappa shape index (κ2) is 3.42. The van der Waals surface area contributed by atoms with E-state index >= 15 is 0 Å². The van der Waals surface area contributed by atoms with Crippen LogP contribution in [0.25, 0.3) is 0 Å². The molecule has 0 saturated carbocycles. The quantitative estimate of drug-likeness (QED) is 0.644. The number of rotatable bonds is 0. The Hall–Kier alpha value is -1.64. The van der Waals surface area contributed by atoms with Crippen LogP contribution in [0.3, 0.4) is 0 Å². The van der Waals surface area contributed by atoms with Crippen LogP contribution >= 0.6 is 0 Å². The predicted molar refractivity (Wildman–Crippen MR) is 66.2 cm³/mol. The summed E-state index contributed by atoms with van der Waals surface area (Å²) < 4.78 is 0. The van der Waals surface area contributed by atoms with Crippen LogP contribution in [0, 0.1) is 13.8 Å². The van der Waals surface area contributed by atoms with Gasteiger partial charge in [0, 0.05) is 5.54 Å². The van der Waals surface area contributed by atoms with E-state index in [9.17, 15) is 9.59 Å². The van der Waals surface area contributed by atoms with E-state index in [4.69, 9.17) is 0 Å². The zero-order valence-electron chi connectivity index (χ0n) is 10.9. The third kappa shape index (κ3) is 1.66. The van der Waals surface area contributed by atoms with E-state index in [1.54, 1.807) is 6.07 Å². The van der Waals surface area contributed by atoms with Crippen molar-refractivity contribution < 1.29 is 9.59 Å². The number of nitrogens with zero attached hydrogens (tertiary/aromatic N) is 1. The molecular weight excluding hydrogens is 214 g/mol. The molecule has 3 heteroatoms. The Bertz CT molecular complexity index is 524. The molecule has 0 radical (unpaired) electrons. The molecule has 0 unspecified atom stereocenters. The summed E-state index contributed by atoms with van der Waals surface area (Å²) in [7, 11) is 0. The summed E-state index contributed by atoms with van der Waals surface area (Å²) in [6.07, 6.45) is 0. The lowest BCUT2D eigenvalue weighted by atomic mass is 10.0. The topological polar surface area (TPSA) is 37.4 Å². The standard InChI is InChI=1S/C14H17NO2/c1-8-6-9(2)11-10(7-8)12(16)15(13(11)17)14(3,4)5/h6-7H,1-5H3. The van der Waals surface area contributed by atoms with Gasteiger partial charge in [0.15, 0.2) is 0 Å². The summed E-state index contributed by atoms with van der Waals surface area (Å²) in [5, 5.41) is 0. The molecule has 0 saturated heterocycles.